The summed E-state index contributed by atoms with van der Waals surface area (Å²) < 4.78 is 18.1. The van der Waals surface area contributed by atoms with Crippen molar-refractivity contribution in [2.24, 2.45) is 0 Å². The van der Waals surface area contributed by atoms with Crippen LogP contribution in [0.2, 0.25) is 5.02 Å². The Labute approximate surface area is 133 Å². The summed E-state index contributed by atoms with van der Waals surface area (Å²) in [7, 11) is 0. The fourth-order valence-electron chi connectivity index (χ4n) is 1.71. The average Bonchev–Trinajstić information content (AvgIpc) is 2.53. The van der Waals surface area contributed by atoms with Gasteiger partial charge in [0.2, 0.25) is 0 Å². The average molecular weight is 323 g/mol. The number of benzene rings is 2. The Balaban J connectivity index is 1.61. The molecule has 4 nitrogen and oxygen atoms in total. The summed E-state index contributed by atoms with van der Waals surface area (Å²) >= 11 is 5.78. The van der Waals surface area contributed by atoms with Crippen LogP contribution in [-0.4, -0.2) is 19.2 Å². The van der Waals surface area contributed by atoms with Gasteiger partial charge in [-0.2, -0.15) is 0 Å². The topological polar surface area (TPSA) is 50.4 Å². The molecule has 0 bridgehead atoms. The van der Waals surface area contributed by atoms with Gasteiger partial charge in [0.25, 0.3) is 0 Å². The Hall–Kier alpha value is -2.27. The quantitative estimate of drug-likeness (QED) is 0.801. The lowest BCUT2D eigenvalue weighted by Gasteiger charge is -2.09. The molecular formula is C16H16ClFN2O2. The maximum Gasteiger partial charge on any atom is 0.315 e. The molecule has 116 valence electrons. The molecule has 0 aliphatic rings. The molecule has 0 atom stereocenters. The Morgan fingerprint density at radius 1 is 1.05 bits per heavy atom. The standard InChI is InChI=1S/C16H16ClFN2O2/c17-13-3-1-12(2-4-13)11-20-16(21)19-9-10-22-15-7-5-14(18)6-8-15/h1-8H,9-11H2,(H2,19,20,21). The molecule has 0 unspecified atom stereocenters. The smallest absolute Gasteiger partial charge is 0.315 e. The highest BCUT2D eigenvalue weighted by atomic mass is 35.5. The van der Waals surface area contributed by atoms with Gasteiger partial charge in [0.15, 0.2) is 0 Å². The molecule has 0 aliphatic carbocycles. The molecule has 0 saturated heterocycles. The number of carbonyl (C=O) groups is 1. The van der Waals surface area contributed by atoms with E-state index in [1.165, 1.54) is 24.3 Å². The van der Waals surface area contributed by atoms with E-state index in [-0.39, 0.29) is 11.8 Å². The fourth-order valence-corrected chi connectivity index (χ4v) is 1.84. The third kappa shape index (κ3) is 5.61. The second-order valence-corrected chi connectivity index (χ2v) is 4.97. The first kappa shape index (κ1) is 16.1. The van der Waals surface area contributed by atoms with E-state index in [0.29, 0.717) is 30.5 Å². The molecule has 0 aliphatic heterocycles. The first-order valence-corrected chi connectivity index (χ1v) is 7.16. The molecular weight excluding hydrogens is 307 g/mol. The van der Waals surface area contributed by atoms with Gasteiger partial charge in [-0.3, -0.25) is 0 Å². The molecule has 2 aromatic rings. The monoisotopic (exact) mass is 322 g/mol. The number of hydrogen-bond acceptors (Lipinski definition) is 2. The predicted octanol–water partition coefficient (Wildman–Crippen LogP) is 3.36. The second-order valence-electron chi connectivity index (χ2n) is 4.54. The third-order valence-electron chi connectivity index (χ3n) is 2.84. The SMILES string of the molecule is O=C(NCCOc1ccc(F)cc1)NCc1ccc(Cl)cc1. The number of rotatable bonds is 6. The van der Waals surface area contributed by atoms with Crippen LogP contribution in [0.3, 0.4) is 0 Å². The largest absolute Gasteiger partial charge is 0.492 e. The first-order chi connectivity index (χ1) is 10.6. The Kier molecular flexibility index (Phi) is 6.03. The maximum atomic E-state index is 12.7. The molecule has 6 heteroatoms. The zero-order valence-electron chi connectivity index (χ0n) is 11.8. The highest BCUT2D eigenvalue weighted by molar-refractivity contribution is 6.30. The van der Waals surface area contributed by atoms with Crippen molar-refractivity contribution in [1.82, 2.24) is 10.6 Å². The van der Waals surface area contributed by atoms with Gasteiger partial charge in [-0.05, 0) is 42.0 Å². The molecule has 2 rings (SSSR count). The lowest BCUT2D eigenvalue weighted by molar-refractivity contribution is 0.236. The number of nitrogens with one attached hydrogen (secondary N) is 2. The number of ether oxygens (including phenoxy) is 1. The van der Waals surface area contributed by atoms with Gasteiger partial charge in [-0.25, -0.2) is 9.18 Å². The van der Waals surface area contributed by atoms with Gasteiger partial charge in [0.05, 0.1) is 6.54 Å². The van der Waals surface area contributed by atoms with Crippen molar-refractivity contribution in [2.75, 3.05) is 13.2 Å². The molecule has 0 spiro atoms. The van der Waals surface area contributed by atoms with Crippen LogP contribution in [0.15, 0.2) is 48.5 Å². The summed E-state index contributed by atoms with van der Waals surface area (Å²) in [6, 6.07) is 12.7. The van der Waals surface area contributed by atoms with Crippen LogP contribution < -0.4 is 15.4 Å². The number of hydrogen-bond donors (Lipinski definition) is 2. The van der Waals surface area contributed by atoms with E-state index in [0.717, 1.165) is 5.56 Å². The van der Waals surface area contributed by atoms with Crippen molar-refractivity contribution < 1.29 is 13.9 Å². The summed E-state index contributed by atoms with van der Waals surface area (Å²) in [6.45, 7) is 1.08. The third-order valence-corrected chi connectivity index (χ3v) is 3.09. The summed E-state index contributed by atoms with van der Waals surface area (Å²) in [5, 5.41) is 6.06. The van der Waals surface area contributed by atoms with Gasteiger partial charge < -0.3 is 15.4 Å². The lowest BCUT2D eigenvalue weighted by Crippen LogP contribution is -2.37. The Bertz CT molecular complexity index is 603. The number of urea groups is 1. The van der Waals surface area contributed by atoms with Crippen molar-refractivity contribution >= 4 is 17.6 Å². The molecule has 2 N–H and O–H groups in total. The van der Waals surface area contributed by atoms with E-state index >= 15 is 0 Å². The van der Waals surface area contributed by atoms with Crippen molar-refractivity contribution in [2.45, 2.75) is 6.54 Å². The summed E-state index contributed by atoms with van der Waals surface area (Å²) in [5.41, 5.74) is 0.960. The van der Waals surface area contributed by atoms with Crippen LogP contribution in [0, 0.1) is 5.82 Å². The molecule has 0 heterocycles. The van der Waals surface area contributed by atoms with Crippen LogP contribution >= 0.6 is 11.6 Å². The number of halogens is 2. The Morgan fingerprint density at radius 3 is 2.41 bits per heavy atom. The molecule has 2 aromatic carbocycles. The summed E-state index contributed by atoms with van der Waals surface area (Å²) in [5.74, 6) is 0.247. The van der Waals surface area contributed by atoms with E-state index in [2.05, 4.69) is 10.6 Å². The van der Waals surface area contributed by atoms with Crippen LogP contribution in [-0.2, 0) is 6.54 Å². The number of carbonyl (C=O) groups excluding carboxylic acids is 1. The zero-order valence-corrected chi connectivity index (χ0v) is 12.6. The van der Waals surface area contributed by atoms with Crippen LogP contribution in [0.1, 0.15) is 5.56 Å². The minimum Gasteiger partial charge on any atom is -0.492 e. The van der Waals surface area contributed by atoms with Gasteiger partial charge >= 0.3 is 6.03 Å². The maximum absolute atomic E-state index is 12.7. The lowest BCUT2D eigenvalue weighted by atomic mass is 10.2. The van der Waals surface area contributed by atoms with E-state index in [1.807, 2.05) is 12.1 Å². The van der Waals surface area contributed by atoms with Crippen molar-refractivity contribution in [3.05, 3.63) is 64.9 Å². The zero-order chi connectivity index (χ0) is 15.8. The van der Waals surface area contributed by atoms with Crippen molar-refractivity contribution in [3.63, 3.8) is 0 Å². The molecule has 0 aromatic heterocycles. The Morgan fingerprint density at radius 2 is 1.73 bits per heavy atom. The highest BCUT2D eigenvalue weighted by Crippen LogP contribution is 2.10. The first-order valence-electron chi connectivity index (χ1n) is 6.78. The molecule has 0 fully saturated rings. The second kappa shape index (κ2) is 8.24. The normalized spacial score (nSPS) is 10.1. The molecule has 0 saturated carbocycles. The van der Waals surface area contributed by atoms with Crippen LogP contribution in [0.25, 0.3) is 0 Å². The van der Waals surface area contributed by atoms with Crippen molar-refractivity contribution in [1.29, 1.82) is 0 Å². The van der Waals surface area contributed by atoms with Crippen LogP contribution in [0.5, 0.6) is 5.75 Å². The van der Waals surface area contributed by atoms with Gasteiger partial charge in [-0.15, -0.1) is 0 Å². The van der Waals surface area contributed by atoms with Gasteiger partial charge in [-0.1, -0.05) is 23.7 Å². The van der Waals surface area contributed by atoms with E-state index in [4.69, 9.17) is 16.3 Å². The highest BCUT2D eigenvalue weighted by Gasteiger charge is 2.00. The summed E-state index contributed by atoms with van der Waals surface area (Å²) in [6.07, 6.45) is 0. The number of amides is 2. The minimum atomic E-state index is -0.313. The fraction of sp³-hybridized carbons (Fsp3) is 0.188. The summed E-state index contributed by atoms with van der Waals surface area (Å²) in [4.78, 5) is 11.6. The van der Waals surface area contributed by atoms with E-state index in [1.54, 1.807) is 12.1 Å². The molecule has 22 heavy (non-hydrogen) atoms. The van der Waals surface area contributed by atoms with Gasteiger partial charge in [0, 0.05) is 11.6 Å². The molecule has 0 radical (unpaired) electrons. The van der Waals surface area contributed by atoms with E-state index < -0.39 is 0 Å². The van der Waals surface area contributed by atoms with Crippen LogP contribution in [0.4, 0.5) is 9.18 Å². The predicted molar refractivity (Wildman–Crippen MR) is 83.6 cm³/mol. The van der Waals surface area contributed by atoms with Crippen molar-refractivity contribution in [3.8, 4) is 5.75 Å². The van der Waals surface area contributed by atoms with E-state index in [9.17, 15) is 9.18 Å². The minimum absolute atomic E-state index is 0.280. The molecule has 2 amide bonds. The van der Waals surface area contributed by atoms with Gasteiger partial charge in [0.1, 0.15) is 18.2 Å².